The average molecular weight is 231 g/mol. The van der Waals surface area contributed by atoms with Crippen LogP contribution in [-0.2, 0) is 4.74 Å². The van der Waals surface area contributed by atoms with E-state index in [2.05, 4.69) is 20.3 Å². The number of nitrogens with one attached hydrogen (secondary N) is 1. The lowest BCUT2D eigenvalue weighted by Crippen LogP contribution is -2.31. The Bertz CT molecular complexity index is 469. The van der Waals surface area contributed by atoms with Crippen molar-refractivity contribution in [3.8, 4) is 12.1 Å². The second-order valence-electron chi connectivity index (χ2n) is 3.26. The van der Waals surface area contributed by atoms with Crippen molar-refractivity contribution in [2.75, 3.05) is 26.3 Å². The number of aromatic nitrogens is 2. The Morgan fingerprint density at radius 2 is 2.06 bits per heavy atom. The summed E-state index contributed by atoms with van der Waals surface area (Å²) in [5.74, 6) is 0.157. The Balaban J connectivity index is 2.08. The van der Waals surface area contributed by atoms with Crippen molar-refractivity contribution in [1.29, 1.82) is 10.5 Å². The van der Waals surface area contributed by atoms with Crippen LogP contribution in [0.3, 0.4) is 0 Å². The maximum atomic E-state index is 8.71. The van der Waals surface area contributed by atoms with Crippen LogP contribution >= 0.6 is 0 Å². The highest BCUT2D eigenvalue weighted by Crippen LogP contribution is 2.12. The van der Waals surface area contributed by atoms with E-state index in [1.807, 2.05) is 6.07 Å². The van der Waals surface area contributed by atoms with Crippen LogP contribution in [0.2, 0.25) is 0 Å². The molecule has 0 atom stereocenters. The van der Waals surface area contributed by atoms with Gasteiger partial charge in [0.25, 0.3) is 5.95 Å². The van der Waals surface area contributed by atoms with Crippen LogP contribution in [0.1, 0.15) is 11.4 Å². The zero-order chi connectivity index (χ0) is 12.1. The summed E-state index contributed by atoms with van der Waals surface area (Å²) >= 11 is 0. The zero-order valence-corrected chi connectivity index (χ0v) is 8.92. The molecule has 2 rings (SSSR count). The predicted molar refractivity (Wildman–Crippen MR) is 54.9 cm³/mol. The minimum absolute atomic E-state index is 0.0310. The van der Waals surface area contributed by atoms with Crippen LogP contribution in [-0.4, -0.2) is 41.3 Å². The minimum Gasteiger partial charge on any atom is -0.378 e. The number of nitriles is 2. The van der Waals surface area contributed by atoms with Gasteiger partial charge >= 0.3 is 0 Å². The molecule has 0 unspecified atom stereocenters. The molecule has 8 nitrogen and oxygen atoms in total. The van der Waals surface area contributed by atoms with Crippen molar-refractivity contribution >= 4 is 5.95 Å². The third-order valence-electron chi connectivity index (χ3n) is 2.16. The molecule has 1 saturated heterocycles. The van der Waals surface area contributed by atoms with E-state index in [1.165, 1.54) is 0 Å². The first kappa shape index (κ1) is 11.0. The van der Waals surface area contributed by atoms with Gasteiger partial charge in [-0.15, -0.1) is 0 Å². The lowest BCUT2D eigenvalue weighted by molar-refractivity contribution is 0.0353. The van der Waals surface area contributed by atoms with E-state index in [0.717, 1.165) is 0 Å². The topological polar surface area (TPSA) is 113 Å². The first-order valence-corrected chi connectivity index (χ1v) is 4.98. The second kappa shape index (κ2) is 5.05. The number of imidazole rings is 1. The molecule has 0 aromatic carbocycles. The Labute approximate surface area is 97.1 Å². The molecule has 1 aromatic heterocycles. The number of rotatable bonds is 2. The third kappa shape index (κ3) is 2.56. The second-order valence-corrected chi connectivity index (χ2v) is 3.26. The maximum absolute atomic E-state index is 8.71. The van der Waals surface area contributed by atoms with E-state index in [0.29, 0.717) is 26.3 Å². The summed E-state index contributed by atoms with van der Waals surface area (Å²) in [5.41, 5.74) is 0.131. The molecule has 0 bridgehead atoms. The van der Waals surface area contributed by atoms with E-state index in [1.54, 1.807) is 11.1 Å². The molecule has 0 amide bonds. The van der Waals surface area contributed by atoms with Gasteiger partial charge in [-0.3, -0.25) is 5.01 Å². The van der Waals surface area contributed by atoms with E-state index in [-0.39, 0.29) is 17.3 Å². The van der Waals surface area contributed by atoms with Gasteiger partial charge in [0, 0.05) is 0 Å². The van der Waals surface area contributed by atoms with Crippen LogP contribution < -0.4 is 0 Å². The minimum atomic E-state index is 0.0310. The van der Waals surface area contributed by atoms with Gasteiger partial charge in [-0.2, -0.15) is 15.5 Å². The van der Waals surface area contributed by atoms with Crippen LogP contribution in [0.25, 0.3) is 0 Å². The smallest absolute Gasteiger partial charge is 0.250 e. The summed E-state index contributed by atoms with van der Waals surface area (Å²) in [6.45, 7) is 2.56. The molecule has 8 heteroatoms. The van der Waals surface area contributed by atoms with Gasteiger partial charge in [-0.05, 0) is 0 Å². The Hall–Kier alpha value is -2.45. The van der Waals surface area contributed by atoms with E-state index < -0.39 is 0 Å². The number of H-pyrrole nitrogens is 1. The van der Waals surface area contributed by atoms with Gasteiger partial charge in [0.15, 0.2) is 11.4 Å². The molecular formula is C9H9N7O. The highest BCUT2D eigenvalue weighted by Gasteiger charge is 2.10. The van der Waals surface area contributed by atoms with Crippen molar-refractivity contribution in [3.63, 3.8) is 0 Å². The van der Waals surface area contributed by atoms with Crippen LogP contribution in [0.15, 0.2) is 10.3 Å². The molecule has 1 N–H and O–H groups in total. The number of hydrogen-bond acceptors (Lipinski definition) is 6. The molecule has 0 spiro atoms. The Morgan fingerprint density at radius 1 is 1.29 bits per heavy atom. The standard InChI is InChI=1S/C9H9N7O/c10-5-7-8(6-11)13-9(12-7)14-15-16-1-3-17-4-2-16/h1-4H2,(H,12,13)/b15-14+. The summed E-state index contributed by atoms with van der Waals surface area (Å²) in [5, 5.41) is 26.9. The predicted octanol–water partition coefficient (Wildman–Crippen LogP) is 0.484. The monoisotopic (exact) mass is 231 g/mol. The number of hydrogen-bond donors (Lipinski definition) is 1. The fourth-order valence-electron chi connectivity index (χ4n) is 1.32. The molecule has 1 aromatic rings. The highest BCUT2D eigenvalue weighted by atomic mass is 16.5. The van der Waals surface area contributed by atoms with Crippen molar-refractivity contribution in [1.82, 2.24) is 15.0 Å². The summed E-state index contributed by atoms with van der Waals surface area (Å²) in [6.07, 6.45) is 0. The van der Waals surface area contributed by atoms with Gasteiger partial charge < -0.3 is 9.72 Å². The zero-order valence-electron chi connectivity index (χ0n) is 8.92. The SMILES string of the molecule is N#Cc1nc(/N=N/N2CCOCC2)[nH]c1C#N. The third-order valence-corrected chi connectivity index (χ3v) is 2.16. The molecule has 1 aliphatic heterocycles. The number of ether oxygens (including phenoxy) is 1. The van der Waals surface area contributed by atoms with Crippen molar-refractivity contribution in [2.45, 2.75) is 0 Å². The fraction of sp³-hybridized carbons (Fsp3) is 0.444. The fourth-order valence-corrected chi connectivity index (χ4v) is 1.32. The van der Waals surface area contributed by atoms with Gasteiger partial charge in [0.2, 0.25) is 0 Å². The summed E-state index contributed by atoms with van der Waals surface area (Å²) in [7, 11) is 0. The Kier molecular flexibility index (Phi) is 3.28. The van der Waals surface area contributed by atoms with E-state index >= 15 is 0 Å². The molecular weight excluding hydrogens is 222 g/mol. The number of morpholine rings is 1. The molecule has 17 heavy (non-hydrogen) atoms. The molecule has 1 fully saturated rings. The summed E-state index contributed by atoms with van der Waals surface area (Å²) < 4.78 is 5.16. The van der Waals surface area contributed by atoms with Crippen LogP contribution in [0, 0.1) is 22.7 Å². The first-order valence-electron chi connectivity index (χ1n) is 4.98. The number of aromatic amines is 1. The molecule has 1 aliphatic rings. The first-order chi connectivity index (χ1) is 8.33. The summed E-state index contributed by atoms with van der Waals surface area (Å²) in [4.78, 5) is 6.44. The van der Waals surface area contributed by atoms with Crippen molar-refractivity contribution in [3.05, 3.63) is 11.4 Å². The molecule has 0 saturated carbocycles. The van der Waals surface area contributed by atoms with Crippen molar-refractivity contribution < 1.29 is 4.74 Å². The van der Waals surface area contributed by atoms with E-state index in [4.69, 9.17) is 15.3 Å². The normalized spacial score (nSPS) is 15.8. The molecule has 2 heterocycles. The summed E-state index contributed by atoms with van der Waals surface area (Å²) in [6, 6.07) is 3.63. The largest absolute Gasteiger partial charge is 0.378 e. The van der Waals surface area contributed by atoms with Crippen molar-refractivity contribution in [2.24, 2.45) is 10.3 Å². The average Bonchev–Trinajstić information content (AvgIpc) is 2.80. The van der Waals surface area contributed by atoms with Gasteiger partial charge in [-0.25, -0.2) is 0 Å². The quantitative estimate of drug-likeness (QED) is 0.743. The highest BCUT2D eigenvalue weighted by molar-refractivity contribution is 5.40. The molecule has 0 aliphatic carbocycles. The van der Waals surface area contributed by atoms with Gasteiger partial charge in [0.05, 0.1) is 26.3 Å². The maximum Gasteiger partial charge on any atom is 0.250 e. The molecule has 0 radical (unpaired) electrons. The number of nitrogens with zero attached hydrogens (tertiary/aromatic N) is 6. The Morgan fingerprint density at radius 3 is 2.65 bits per heavy atom. The molecule has 86 valence electrons. The lowest BCUT2D eigenvalue weighted by Gasteiger charge is -2.21. The van der Waals surface area contributed by atoms with Crippen LogP contribution in [0.4, 0.5) is 5.95 Å². The van der Waals surface area contributed by atoms with Gasteiger partial charge in [0.1, 0.15) is 12.1 Å². The van der Waals surface area contributed by atoms with E-state index in [9.17, 15) is 0 Å². The van der Waals surface area contributed by atoms with Gasteiger partial charge in [-0.1, -0.05) is 10.3 Å². The lowest BCUT2D eigenvalue weighted by atomic mass is 10.4. The van der Waals surface area contributed by atoms with Crippen LogP contribution in [0.5, 0.6) is 0 Å².